The van der Waals surface area contributed by atoms with E-state index in [1.165, 1.54) is 37.2 Å². The first-order chi connectivity index (χ1) is 10.1. The third-order valence-corrected chi connectivity index (χ3v) is 5.05. The summed E-state index contributed by atoms with van der Waals surface area (Å²) in [5.74, 6) is 0.344. The van der Waals surface area contributed by atoms with Crippen molar-refractivity contribution in [2.45, 2.75) is 31.1 Å². The molecule has 2 bridgehead atoms. The molecule has 2 N–H and O–H groups in total. The lowest BCUT2D eigenvalue weighted by Crippen LogP contribution is -2.65. The Bertz CT molecular complexity index is 674. The van der Waals surface area contributed by atoms with Crippen LogP contribution in [0.4, 0.5) is 0 Å². The summed E-state index contributed by atoms with van der Waals surface area (Å²) in [5.41, 5.74) is 7.83. The molecule has 0 saturated heterocycles. The highest BCUT2D eigenvalue weighted by molar-refractivity contribution is 5.92. The van der Waals surface area contributed by atoms with Gasteiger partial charge in [0.15, 0.2) is 0 Å². The number of primary amides is 1. The normalized spacial score (nSPS) is 29.3. The number of nitrogens with zero attached hydrogens (tertiary/aromatic N) is 2. The molecule has 1 amide bonds. The van der Waals surface area contributed by atoms with Gasteiger partial charge in [0.05, 0.1) is 5.56 Å². The molecule has 3 fully saturated rings. The van der Waals surface area contributed by atoms with Crippen molar-refractivity contribution in [1.82, 2.24) is 9.97 Å². The number of carbonyl (C=O) groups is 1. The number of nitrogens with two attached hydrogens (primary N) is 1. The summed E-state index contributed by atoms with van der Waals surface area (Å²) in [5, 5.41) is 0. The summed E-state index contributed by atoms with van der Waals surface area (Å²) >= 11 is 0. The molecule has 1 aromatic carbocycles. The second-order valence-corrected chi connectivity index (χ2v) is 6.61. The van der Waals surface area contributed by atoms with Crippen LogP contribution in [0.3, 0.4) is 0 Å². The molecule has 0 unspecified atom stereocenters. The Morgan fingerprint density at radius 3 is 2.29 bits per heavy atom. The second kappa shape index (κ2) is 4.13. The first kappa shape index (κ1) is 12.5. The minimum atomic E-state index is -0.477. The first-order valence-electron chi connectivity index (χ1n) is 7.27. The summed E-state index contributed by atoms with van der Waals surface area (Å²) in [6.45, 7) is 0. The molecule has 21 heavy (non-hydrogen) atoms. The van der Waals surface area contributed by atoms with E-state index < -0.39 is 5.91 Å². The van der Waals surface area contributed by atoms with Crippen LogP contribution in [-0.2, 0) is 11.8 Å². The minimum absolute atomic E-state index is 0.372. The third-order valence-electron chi connectivity index (χ3n) is 5.05. The highest BCUT2D eigenvalue weighted by Gasteiger charge is 2.67. The van der Waals surface area contributed by atoms with Crippen LogP contribution < -0.4 is 5.73 Å². The zero-order chi connectivity index (χ0) is 14.5. The number of hydrogen-bond acceptors (Lipinski definition) is 3. The van der Waals surface area contributed by atoms with Crippen LogP contribution in [0.25, 0.3) is 0 Å². The van der Waals surface area contributed by atoms with Gasteiger partial charge in [0.1, 0.15) is 5.82 Å². The summed E-state index contributed by atoms with van der Waals surface area (Å²) in [6.07, 6.45) is 7.65. The van der Waals surface area contributed by atoms with Gasteiger partial charge in [0.2, 0.25) is 0 Å². The molecule has 0 atom stereocenters. The molecule has 1 heterocycles. The van der Waals surface area contributed by atoms with Gasteiger partial charge in [0.25, 0.3) is 5.91 Å². The number of amides is 1. The van der Waals surface area contributed by atoms with Gasteiger partial charge in [-0.05, 0) is 35.7 Å². The quantitative estimate of drug-likeness (QED) is 0.933. The van der Waals surface area contributed by atoms with Crippen LogP contribution >= 0.6 is 0 Å². The van der Waals surface area contributed by atoms with Crippen molar-refractivity contribution in [3.05, 3.63) is 59.7 Å². The van der Waals surface area contributed by atoms with E-state index in [2.05, 4.69) is 40.3 Å². The van der Waals surface area contributed by atoms with Gasteiger partial charge in [-0.25, -0.2) is 9.97 Å². The van der Waals surface area contributed by atoms with Crippen LogP contribution in [0, 0.1) is 5.41 Å². The van der Waals surface area contributed by atoms with Crippen molar-refractivity contribution < 1.29 is 4.79 Å². The zero-order valence-corrected chi connectivity index (χ0v) is 11.7. The van der Waals surface area contributed by atoms with Crippen molar-refractivity contribution in [2.75, 3.05) is 0 Å². The molecule has 3 saturated carbocycles. The maximum atomic E-state index is 11.0. The molecule has 106 valence electrons. The highest BCUT2D eigenvalue weighted by atomic mass is 16.1. The van der Waals surface area contributed by atoms with Crippen molar-refractivity contribution in [3.63, 3.8) is 0 Å². The zero-order valence-electron chi connectivity index (χ0n) is 11.7. The predicted molar refractivity (Wildman–Crippen MR) is 78.7 cm³/mol. The number of carbonyl (C=O) groups excluding carboxylic acids is 1. The topological polar surface area (TPSA) is 68.9 Å². The van der Waals surface area contributed by atoms with Gasteiger partial charge in [-0.3, -0.25) is 4.79 Å². The van der Waals surface area contributed by atoms with Crippen molar-refractivity contribution in [3.8, 4) is 0 Å². The van der Waals surface area contributed by atoms with E-state index in [1.54, 1.807) is 0 Å². The molecular weight excluding hydrogens is 262 g/mol. The van der Waals surface area contributed by atoms with Gasteiger partial charge >= 0.3 is 0 Å². The summed E-state index contributed by atoms with van der Waals surface area (Å²) < 4.78 is 0. The number of hydrogen-bond donors (Lipinski definition) is 1. The van der Waals surface area contributed by atoms with Crippen molar-refractivity contribution in [2.24, 2.45) is 11.1 Å². The Kier molecular flexibility index (Phi) is 2.46. The molecule has 4 heteroatoms. The molecule has 0 spiro atoms. The van der Waals surface area contributed by atoms with Crippen LogP contribution in [0.5, 0.6) is 0 Å². The predicted octanol–water partition coefficient (Wildman–Crippen LogP) is 2.24. The Hall–Kier alpha value is -2.23. The van der Waals surface area contributed by atoms with E-state index >= 15 is 0 Å². The Labute approximate surface area is 123 Å². The molecule has 3 aliphatic carbocycles. The number of aromatic nitrogens is 2. The van der Waals surface area contributed by atoms with E-state index in [0.717, 1.165) is 12.2 Å². The summed E-state index contributed by atoms with van der Waals surface area (Å²) in [7, 11) is 0. The van der Waals surface area contributed by atoms with Crippen molar-refractivity contribution in [1.29, 1.82) is 0 Å². The summed E-state index contributed by atoms with van der Waals surface area (Å²) in [4.78, 5) is 19.6. The molecule has 0 radical (unpaired) electrons. The SMILES string of the molecule is NC(=O)c1cnc(CC23CC(c4ccccc4)(C2)C3)nc1. The van der Waals surface area contributed by atoms with E-state index in [0.29, 0.717) is 16.4 Å². The maximum absolute atomic E-state index is 11.0. The average molecular weight is 279 g/mol. The number of benzene rings is 1. The van der Waals surface area contributed by atoms with Crippen LogP contribution in [0.1, 0.15) is 41.0 Å². The van der Waals surface area contributed by atoms with E-state index in [-0.39, 0.29) is 0 Å². The van der Waals surface area contributed by atoms with Crippen molar-refractivity contribution >= 4 is 5.91 Å². The largest absolute Gasteiger partial charge is 0.366 e. The summed E-state index contributed by atoms with van der Waals surface area (Å²) in [6, 6.07) is 10.8. The van der Waals surface area contributed by atoms with Gasteiger partial charge in [0, 0.05) is 18.8 Å². The second-order valence-electron chi connectivity index (χ2n) is 6.61. The van der Waals surface area contributed by atoms with Crippen LogP contribution in [-0.4, -0.2) is 15.9 Å². The minimum Gasteiger partial charge on any atom is -0.366 e. The van der Waals surface area contributed by atoms with Gasteiger partial charge < -0.3 is 5.73 Å². The fourth-order valence-electron chi connectivity index (χ4n) is 4.19. The molecule has 5 rings (SSSR count). The molecule has 2 aromatic rings. The average Bonchev–Trinajstić information content (AvgIpc) is 2.42. The van der Waals surface area contributed by atoms with Crippen LogP contribution in [0.2, 0.25) is 0 Å². The van der Waals surface area contributed by atoms with Crippen LogP contribution in [0.15, 0.2) is 42.7 Å². The van der Waals surface area contributed by atoms with E-state index in [9.17, 15) is 4.79 Å². The monoisotopic (exact) mass is 279 g/mol. The standard InChI is InChI=1S/C17H17N3O/c18-15(21)12-7-19-14(20-8-12)6-16-9-17(10-16,11-16)13-4-2-1-3-5-13/h1-5,7-8H,6,9-11H2,(H2,18,21). The van der Waals surface area contributed by atoms with Gasteiger partial charge in [-0.1, -0.05) is 30.3 Å². The Morgan fingerprint density at radius 1 is 1.10 bits per heavy atom. The molecule has 4 nitrogen and oxygen atoms in total. The fraction of sp³-hybridized carbons (Fsp3) is 0.353. The van der Waals surface area contributed by atoms with Gasteiger partial charge in [-0.2, -0.15) is 0 Å². The number of rotatable bonds is 4. The highest BCUT2D eigenvalue weighted by Crippen LogP contribution is 2.74. The Balaban J connectivity index is 1.44. The molecule has 0 aliphatic heterocycles. The van der Waals surface area contributed by atoms with Gasteiger partial charge in [-0.15, -0.1) is 0 Å². The fourth-order valence-corrected chi connectivity index (χ4v) is 4.19. The molecular formula is C17H17N3O. The third kappa shape index (κ3) is 1.86. The first-order valence-corrected chi connectivity index (χ1v) is 7.27. The lowest BCUT2D eigenvalue weighted by molar-refractivity contribution is -0.141. The lowest BCUT2D eigenvalue weighted by Gasteiger charge is -2.71. The lowest BCUT2D eigenvalue weighted by atomic mass is 9.33. The maximum Gasteiger partial charge on any atom is 0.251 e. The smallest absolute Gasteiger partial charge is 0.251 e. The Morgan fingerprint density at radius 2 is 1.71 bits per heavy atom. The van der Waals surface area contributed by atoms with E-state index in [4.69, 9.17) is 5.73 Å². The molecule has 1 aromatic heterocycles. The van der Waals surface area contributed by atoms with E-state index in [1.807, 2.05) is 0 Å². The molecule has 3 aliphatic rings.